The molecule has 2 heterocycles. The number of nitrogens with zero attached hydrogens (tertiary/aromatic N) is 2. The number of alkyl halides is 12. The van der Waals surface area contributed by atoms with Crippen LogP contribution in [-0.4, -0.2) is 53.9 Å². The van der Waals surface area contributed by atoms with Crippen molar-refractivity contribution in [3.63, 3.8) is 0 Å². The predicted octanol–water partition coefficient (Wildman–Crippen LogP) is 9.44. The Morgan fingerprint density at radius 3 is 1.34 bits per heavy atom. The Labute approximate surface area is 330 Å². The topological polar surface area (TPSA) is 102 Å². The highest BCUT2D eigenvalue weighted by Crippen LogP contribution is 2.51. The fraction of sp³-hybridized carbons (Fsp3) is 0.375. The van der Waals surface area contributed by atoms with E-state index in [0.717, 1.165) is 60.3 Å². The maximum atomic E-state index is 13.0. The molecular formula is C40H38F12N4O3. The Balaban J connectivity index is 0.000000225. The monoisotopic (exact) mass is 850 g/mol. The number of aliphatic hydroxyl groups is 2. The van der Waals surface area contributed by atoms with Gasteiger partial charge in [0, 0.05) is 67.0 Å². The third kappa shape index (κ3) is 9.35. The molecule has 320 valence electrons. The number of nitrogens with two attached hydrogens (primary N) is 1. The van der Waals surface area contributed by atoms with E-state index >= 15 is 0 Å². The molecule has 2 aliphatic rings. The number of carbonyl (C=O) groups excluding carboxylic acids is 1. The van der Waals surface area contributed by atoms with Crippen LogP contribution in [0.5, 0.6) is 0 Å². The molecule has 4 aromatic carbocycles. The Morgan fingerprint density at radius 1 is 0.593 bits per heavy atom. The van der Waals surface area contributed by atoms with E-state index in [9.17, 15) is 67.7 Å². The average Bonchev–Trinajstić information content (AvgIpc) is 3.13. The van der Waals surface area contributed by atoms with Crippen molar-refractivity contribution in [2.24, 2.45) is 0 Å². The van der Waals surface area contributed by atoms with Crippen LogP contribution in [0, 0.1) is 0 Å². The number of benzene rings is 4. The molecule has 0 fully saturated rings. The fourth-order valence-corrected chi connectivity index (χ4v) is 7.10. The molecule has 0 atom stereocenters. The van der Waals surface area contributed by atoms with Crippen LogP contribution in [0.15, 0.2) is 84.9 Å². The van der Waals surface area contributed by atoms with Gasteiger partial charge in [-0.15, -0.1) is 0 Å². The average molecular weight is 851 g/mol. The van der Waals surface area contributed by atoms with E-state index in [1.54, 1.807) is 12.1 Å². The number of hydrogen-bond acceptors (Lipinski definition) is 6. The summed E-state index contributed by atoms with van der Waals surface area (Å²) in [6.45, 7) is 3.34. The minimum Gasteiger partial charge on any atom is -0.399 e. The lowest BCUT2D eigenvalue weighted by Gasteiger charge is -2.33. The third-order valence-electron chi connectivity index (χ3n) is 10.1. The van der Waals surface area contributed by atoms with Crippen LogP contribution >= 0.6 is 0 Å². The second-order valence-electron chi connectivity index (χ2n) is 14.3. The highest BCUT2D eigenvalue weighted by molar-refractivity contribution is 5.89. The summed E-state index contributed by atoms with van der Waals surface area (Å²) >= 11 is 0. The molecule has 6 rings (SSSR count). The van der Waals surface area contributed by atoms with E-state index in [1.165, 1.54) is 19.1 Å². The molecule has 0 radical (unpaired) electrons. The Morgan fingerprint density at radius 2 is 0.966 bits per heavy atom. The largest absolute Gasteiger partial charge is 0.430 e. The van der Waals surface area contributed by atoms with E-state index in [-0.39, 0.29) is 12.5 Å². The van der Waals surface area contributed by atoms with Crippen molar-refractivity contribution in [1.82, 2.24) is 0 Å². The van der Waals surface area contributed by atoms with Gasteiger partial charge in [-0.25, -0.2) is 0 Å². The van der Waals surface area contributed by atoms with Crippen molar-refractivity contribution >= 4 is 28.7 Å². The van der Waals surface area contributed by atoms with Crippen LogP contribution in [0.2, 0.25) is 0 Å². The first kappa shape index (κ1) is 44.9. The second-order valence-corrected chi connectivity index (χ2v) is 14.3. The number of halogens is 12. The fourth-order valence-electron chi connectivity index (χ4n) is 7.10. The van der Waals surface area contributed by atoms with Crippen LogP contribution < -0.4 is 20.9 Å². The summed E-state index contributed by atoms with van der Waals surface area (Å²) in [4.78, 5) is 15.2. The summed E-state index contributed by atoms with van der Waals surface area (Å²) in [7, 11) is 0. The molecule has 0 aliphatic carbocycles. The van der Waals surface area contributed by atoms with E-state index in [4.69, 9.17) is 5.73 Å². The van der Waals surface area contributed by atoms with Crippen LogP contribution in [0.1, 0.15) is 53.1 Å². The molecule has 1 amide bonds. The summed E-state index contributed by atoms with van der Waals surface area (Å²) in [5.74, 6) is -0.203. The number of rotatable bonds is 7. The van der Waals surface area contributed by atoms with Crippen molar-refractivity contribution in [2.45, 2.75) is 81.6 Å². The quantitative estimate of drug-likeness (QED) is 0.109. The zero-order valence-electron chi connectivity index (χ0n) is 31.0. The number of anilines is 4. The number of amides is 1. The van der Waals surface area contributed by atoms with Crippen molar-refractivity contribution in [1.29, 1.82) is 0 Å². The van der Waals surface area contributed by atoms with Gasteiger partial charge < -0.3 is 31.1 Å². The number of nitrogen functional groups attached to an aromatic ring is 1. The zero-order valence-corrected chi connectivity index (χ0v) is 31.0. The lowest BCUT2D eigenvalue weighted by Crippen LogP contribution is -2.53. The molecule has 4 aromatic rings. The van der Waals surface area contributed by atoms with Crippen LogP contribution in [0.25, 0.3) is 0 Å². The Kier molecular flexibility index (Phi) is 12.5. The van der Waals surface area contributed by atoms with Gasteiger partial charge in [0.15, 0.2) is 0 Å². The van der Waals surface area contributed by atoms with Crippen LogP contribution in [0.3, 0.4) is 0 Å². The SMILES string of the molecule is CC(=O)Nc1ccc2c(c1)CCCN2Cc1ccc(C(O)(C(F)(F)F)C(F)(F)F)cc1.Nc1ccc2c(c1)CCCN2Cc1ccc(C(O)(C(F)(F)F)C(F)(F)F)cc1. The van der Waals surface area contributed by atoms with Crippen LogP contribution in [-0.2, 0) is 41.9 Å². The molecule has 59 heavy (non-hydrogen) atoms. The minimum atomic E-state index is -5.91. The summed E-state index contributed by atoms with van der Waals surface area (Å²) in [6.07, 6.45) is -20.3. The van der Waals surface area contributed by atoms with Gasteiger partial charge >= 0.3 is 24.7 Å². The normalized spacial score (nSPS) is 15.2. The number of aryl methyl sites for hydroxylation is 2. The molecule has 19 heteroatoms. The minimum absolute atomic E-state index is 0.203. The summed E-state index contributed by atoms with van der Waals surface area (Å²) < 4.78 is 156. The van der Waals surface area contributed by atoms with Crippen molar-refractivity contribution in [3.8, 4) is 0 Å². The third-order valence-corrected chi connectivity index (χ3v) is 10.1. The number of fused-ring (bicyclic) bond motifs is 2. The van der Waals surface area contributed by atoms with Gasteiger partial charge in [-0.2, -0.15) is 52.7 Å². The number of hydrogen-bond donors (Lipinski definition) is 4. The molecule has 5 N–H and O–H groups in total. The number of carbonyl (C=O) groups is 1. The summed E-state index contributed by atoms with van der Waals surface area (Å²) in [6, 6.07) is 18.1. The van der Waals surface area contributed by atoms with Gasteiger partial charge in [0.25, 0.3) is 11.2 Å². The van der Waals surface area contributed by atoms with Gasteiger partial charge in [0.05, 0.1) is 0 Å². The number of nitrogens with one attached hydrogen (secondary N) is 1. The van der Waals surface area contributed by atoms with Gasteiger partial charge in [0.2, 0.25) is 5.91 Å². The first-order chi connectivity index (χ1) is 27.3. The summed E-state index contributed by atoms with van der Waals surface area (Å²) in [5.41, 5.74) is -0.456. The molecule has 2 aliphatic heterocycles. The Hall–Kier alpha value is -5.17. The zero-order chi connectivity index (χ0) is 43.8. The molecule has 0 unspecified atom stereocenters. The molecular weight excluding hydrogens is 812 g/mol. The van der Waals surface area contributed by atoms with Crippen molar-refractivity contribution in [2.75, 3.05) is 33.9 Å². The molecule has 7 nitrogen and oxygen atoms in total. The lowest BCUT2D eigenvalue weighted by atomic mass is 9.91. The highest BCUT2D eigenvalue weighted by Gasteiger charge is 2.72. The van der Waals surface area contributed by atoms with Gasteiger partial charge in [0.1, 0.15) is 0 Å². The highest BCUT2D eigenvalue weighted by atomic mass is 19.4. The van der Waals surface area contributed by atoms with Gasteiger partial charge in [-0.05, 0) is 84.3 Å². The van der Waals surface area contributed by atoms with E-state index < -0.39 is 47.0 Å². The lowest BCUT2D eigenvalue weighted by molar-refractivity contribution is -0.376. The smallest absolute Gasteiger partial charge is 0.399 e. The first-order valence-electron chi connectivity index (χ1n) is 18.0. The molecule has 0 spiro atoms. The molecule has 0 aromatic heterocycles. The van der Waals surface area contributed by atoms with Gasteiger partial charge in [-0.1, -0.05) is 48.5 Å². The second kappa shape index (κ2) is 16.5. The summed E-state index contributed by atoms with van der Waals surface area (Å²) in [5, 5.41) is 21.6. The predicted molar refractivity (Wildman–Crippen MR) is 195 cm³/mol. The molecule has 0 bridgehead atoms. The van der Waals surface area contributed by atoms with Crippen molar-refractivity contribution in [3.05, 3.63) is 118 Å². The maximum absolute atomic E-state index is 13.0. The molecule has 0 saturated heterocycles. The van der Waals surface area contributed by atoms with Gasteiger partial charge in [-0.3, -0.25) is 4.79 Å². The van der Waals surface area contributed by atoms with E-state index in [0.29, 0.717) is 66.4 Å². The van der Waals surface area contributed by atoms with Crippen LogP contribution in [0.4, 0.5) is 75.4 Å². The maximum Gasteiger partial charge on any atom is 0.430 e. The first-order valence-corrected chi connectivity index (χ1v) is 18.0. The molecule has 0 saturated carbocycles. The van der Waals surface area contributed by atoms with Crippen molar-refractivity contribution < 1.29 is 67.7 Å². The van der Waals surface area contributed by atoms with E-state index in [2.05, 4.69) is 5.32 Å². The van der Waals surface area contributed by atoms with E-state index in [1.807, 2.05) is 34.1 Å². The Bertz CT molecular complexity index is 2070. The standard InChI is InChI=1S/C21H20F6N2O2.C19H18F6N2O/c1-13(30)28-17-8-9-18-15(11-17)3-2-10-29(18)12-14-4-6-16(7-5-14)19(31,20(22,23)24)21(25,26)27;20-18(21,22)17(28,19(23,24)25)14-5-3-12(4-6-14)11-27-9-1-2-13-10-15(26)7-8-16(13)27/h4-9,11,31H,2-3,10,12H2,1H3,(H,28,30);3-8,10,28H,1-2,9,11,26H2.